The molecule has 0 aromatic heterocycles. The zero-order valence-electron chi connectivity index (χ0n) is 15.9. The maximum Gasteiger partial charge on any atom is 0.188 e. The first-order valence-corrected chi connectivity index (χ1v) is 10.6. The molecule has 5 rings (SSSR count). The van der Waals surface area contributed by atoms with Gasteiger partial charge < -0.3 is 25.4 Å². The number of ether oxygens (including phenoxy) is 2. The molecule has 1 fully saturated rings. The number of benzene rings is 2. The monoisotopic (exact) mass is 432 g/mol. The molecule has 8 heteroatoms. The largest absolute Gasteiger partial charge is 0.484 e. The number of anilines is 1. The lowest BCUT2D eigenvalue weighted by Crippen LogP contribution is -2.58. The molecule has 1 spiro atoms. The predicted molar refractivity (Wildman–Crippen MR) is 116 cm³/mol. The van der Waals surface area contributed by atoms with Gasteiger partial charge in [0.1, 0.15) is 24.7 Å². The summed E-state index contributed by atoms with van der Waals surface area (Å²) in [5.74, 6) is 2.17. The lowest BCUT2D eigenvalue weighted by molar-refractivity contribution is 0.172. The van der Waals surface area contributed by atoms with E-state index in [-0.39, 0.29) is 5.54 Å². The van der Waals surface area contributed by atoms with Crippen LogP contribution in [0, 0.1) is 0 Å². The molecule has 0 amide bonds. The number of aliphatic imine (C=N–C) groups is 1. The zero-order valence-corrected chi connectivity index (χ0v) is 17.4. The highest BCUT2D eigenvalue weighted by Gasteiger charge is 2.42. The number of hydrogen-bond acceptors (Lipinski definition) is 6. The molecule has 0 radical (unpaired) electrons. The van der Waals surface area contributed by atoms with E-state index in [4.69, 9.17) is 37.7 Å². The Bertz CT molecular complexity index is 973. The van der Waals surface area contributed by atoms with Gasteiger partial charge in [-0.2, -0.15) is 0 Å². The van der Waals surface area contributed by atoms with Crippen molar-refractivity contribution in [3.63, 3.8) is 0 Å². The molecule has 2 aromatic rings. The van der Waals surface area contributed by atoms with Gasteiger partial charge in [0.15, 0.2) is 11.5 Å². The number of hydrogen-bond donors (Lipinski definition) is 3. The maximum atomic E-state index is 6.45. The van der Waals surface area contributed by atoms with Gasteiger partial charge in [0, 0.05) is 11.6 Å². The fraction of sp³-hybridized carbons (Fsp3) is 0.381. The molecule has 2 aromatic carbocycles. The number of nitrogens with zero attached hydrogens (tertiary/aromatic N) is 1. The van der Waals surface area contributed by atoms with Crippen molar-refractivity contribution in [2.45, 2.75) is 24.9 Å². The molecular weight excluding hydrogens is 411 g/mol. The third-order valence-electron chi connectivity index (χ3n) is 5.60. The second kappa shape index (κ2) is 7.59. The molecule has 29 heavy (non-hydrogen) atoms. The summed E-state index contributed by atoms with van der Waals surface area (Å²) in [6.07, 6.45) is 1.82. The summed E-state index contributed by atoms with van der Waals surface area (Å²) in [5.41, 5.74) is 2.44. The van der Waals surface area contributed by atoms with Crippen LogP contribution in [-0.2, 0) is 6.54 Å². The second-order valence-electron chi connectivity index (χ2n) is 7.51. The number of nitrogens with one attached hydrogen (secondary N) is 3. The number of halogens is 2. The minimum Gasteiger partial charge on any atom is -0.484 e. The average molecular weight is 433 g/mol. The first kappa shape index (κ1) is 18.9. The predicted octanol–water partition coefficient (Wildman–Crippen LogP) is 4.13. The van der Waals surface area contributed by atoms with Gasteiger partial charge in [0.05, 0.1) is 16.2 Å². The number of rotatable bonds is 2. The first-order valence-electron chi connectivity index (χ1n) is 9.83. The average Bonchev–Trinajstić information content (AvgIpc) is 2.74. The molecule has 3 aliphatic rings. The highest BCUT2D eigenvalue weighted by atomic mass is 35.5. The Balaban J connectivity index is 1.53. The first-order chi connectivity index (χ1) is 14.1. The van der Waals surface area contributed by atoms with E-state index in [0.29, 0.717) is 36.3 Å². The highest BCUT2D eigenvalue weighted by Crippen LogP contribution is 2.51. The molecule has 152 valence electrons. The van der Waals surface area contributed by atoms with Gasteiger partial charge >= 0.3 is 0 Å². The molecule has 0 atom stereocenters. The summed E-state index contributed by atoms with van der Waals surface area (Å²) in [6, 6.07) is 9.69. The number of fused-ring (bicyclic) bond motifs is 3. The minimum atomic E-state index is -0.292. The molecule has 0 bridgehead atoms. The van der Waals surface area contributed by atoms with Gasteiger partial charge in [0.25, 0.3) is 0 Å². The summed E-state index contributed by atoms with van der Waals surface area (Å²) in [7, 11) is 0. The van der Waals surface area contributed by atoms with E-state index >= 15 is 0 Å². The molecule has 6 nitrogen and oxygen atoms in total. The van der Waals surface area contributed by atoms with Crippen LogP contribution in [0.1, 0.15) is 18.4 Å². The van der Waals surface area contributed by atoms with Crippen LogP contribution in [0.15, 0.2) is 35.3 Å². The fourth-order valence-corrected chi connectivity index (χ4v) is 4.60. The molecule has 3 N–H and O–H groups in total. The van der Waals surface area contributed by atoms with Crippen molar-refractivity contribution < 1.29 is 9.47 Å². The molecule has 3 aliphatic heterocycles. The molecule has 0 aliphatic carbocycles. The SMILES string of the molecule is Clc1cccc(CNC2=Nc3cc(Cl)c4c(c3NC23CCNCC3)OCCO4)c1. The Labute approximate surface area is 179 Å². The molecule has 0 saturated carbocycles. The van der Waals surface area contributed by atoms with Gasteiger partial charge in [-0.05, 0) is 49.7 Å². The topological polar surface area (TPSA) is 66.9 Å². The van der Waals surface area contributed by atoms with Crippen LogP contribution in [0.3, 0.4) is 0 Å². The van der Waals surface area contributed by atoms with E-state index in [9.17, 15) is 0 Å². The Morgan fingerprint density at radius 1 is 1.07 bits per heavy atom. The summed E-state index contributed by atoms with van der Waals surface area (Å²) >= 11 is 12.6. The lowest BCUT2D eigenvalue weighted by Gasteiger charge is -2.43. The van der Waals surface area contributed by atoms with Gasteiger partial charge in [-0.1, -0.05) is 35.3 Å². The van der Waals surface area contributed by atoms with Gasteiger partial charge in [-0.15, -0.1) is 0 Å². The van der Waals surface area contributed by atoms with Crippen molar-refractivity contribution in [1.82, 2.24) is 10.6 Å². The van der Waals surface area contributed by atoms with Crippen molar-refractivity contribution in [2.75, 3.05) is 31.6 Å². The molecule has 1 saturated heterocycles. The van der Waals surface area contributed by atoms with Crippen molar-refractivity contribution in [3.05, 3.63) is 45.9 Å². The van der Waals surface area contributed by atoms with Gasteiger partial charge in [-0.25, -0.2) is 4.99 Å². The van der Waals surface area contributed by atoms with E-state index in [1.807, 2.05) is 24.3 Å². The molecular formula is C21H22Cl2N4O2. The van der Waals surface area contributed by atoms with Crippen LogP contribution < -0.4 is 25.4 Å². The standard InChI is InChI=1S/C21H22Cl2N4O2/c22-14-3-1-2-13(10-14)12-25-20-21(4-6-24-7-5-21)27-17-16(26-20)11-15(23)18-19(17)29-9-8-28-18/h1-3,10-11,24,27H,4-9,12H2,(H,25,26). The van der Waals surface area contributed by atoms with E-state index in [1.54, 1.807) is 0 Å². The van der Waals surface area contributed by atoms with E-state index in [1.165, 1.54) is 0 Å². The normalized spacial score (nSPS) is 19.2. The molecule has 0 unspecified atom stereocenters. The van der Waals surface area contributed by atoms with Crippen LogP contribution in [0.5, 0.6) is 11.5 Å². The summed E-state index contributed by atoms with van der Waals surface area (Å²) in [5, 5.41) is 12.0. The van der Waals surface area contributed by atoms with Gasteiger partial charge in [0.2, 0.25) is 0 Å². The highest BCUT2D eigenvalue weighted by molar-refractivity contribution is 6.33. The summed E-state index contributed by atoms with van der Waals surface area (Å²) in [6.45, 7) is 3.46. The zero-order chi connectivity index (χ0) is 19.8. The maximum absolute atomic E-state index is 6.45. The van der Waals surface area contributed by atoms with Crippen LogP contribution in [0.25, 0.3) is 0 Å². The smallest absolute Gasteiger partial charge is 0.188 e. The Morgan fingerprint density at radius 3 is 2.66 bits per heavy atom. The quantitative estimate of drug-likeness (QED) is 0.665. The van der Waals surface area contributed by atoms with E-state index in [2.05, 4.69) is 22.0 Å². The summed E-state index contributed by atoms with van der Waals surface area (Å²) < 4.78 is 11.7. The van der Waals surface area contributed by atoms with E-state index < -0.39 is 0 Å². The van der Waals surface area contributed by atoms with Crippen molar-refractivity contribution in [3.8, 4) is 11.5 Å². The van der Waals surface area contributed by atoms with Crippen molar-refractivity contribution >= 4 is 40.4 Å². The van der Waals surface area contributed by atoms with Gasteiger partial charge in [-0.3, -0.25) is 0 Å². The van der Waals surface area contributed by atoms with Crippen molar-refractivity contribution in [2.24, 2.45) is 4.99 Å². The third kappa shape index (κ3) is 3.50. The second-order valence-corrected chi connectivity index (χ2v) is 8.35. The van der Waals surface area contributed by atoms with Crippen LogP contribution >= 0.6 is 23.2 Å². The molecule has 3 heterocycles. The Kier molecular flexibility index (Phi) is 4.94. The Morgan fingerprint density at radius 2 is 1.86 bits per heavy atom. The van der Waals surface area contributed by atoms with Crippen molar-refractivity contribution in [1.29, 1.82) is 0 Å². The number of piperidine rings is 1. The number of amidine groups is 1. The van der Waals surface area contributed by atoms with Crippen LogP contribution in [0.4, 0.5) is 11.4 Å². The lowest BCUT2D eigenvalue weighted by atomic mass is 9.84. The minimum absolute atomic E-state index is 0.292. The fourth-order valence-electron chi connectivity index (χ4n) is 4.15. The van der Waals surface area contributed by atoms with Crippen LogP contribution in [-0.4, -0.2) is 37.7 Å². The summed E-state index contributed by atoms with van der Waals surface area (Å²) in [4.78, 5) is 4.99. The Hall–Kier alpha value is -2.15. The third-order valence-corrected chi connectivity index (χ3v) is 6.12. The van der Waals surface area contributed by atoms with E-state index in [0.717, 1.165) is 53.7 Å². The van der Waals surface area contributed by atoms with Crippen LogP contribution in [0.2, 0.25) is 10.0 Å².